The van der Waals surface area contributed by atoms with Gasteiger partial charge in [0.1, 0.15) is 5.88 Å². The van der Waals surface area contributed by atoms with E-state index in [1.54, 1.807) is 23.1 Å². The van der Waals surface area contributed by atoms with E-state index in [1.165, 1.54) is 11.8 Å². The molecule has 0 N–H and O–H groups in total. The average Bonchev–Trinajstić information content (AvgIpc) is 2.91. The van der Waals surface area contributed by atoms with Gasteiger partial charge in [-0.15, -0.1) is 11.6 Å². The number of amides is 1. The van der Waals surface area contributed by atoms with E-state index in [4.69, 9.17) is 34.8 Å². The Kier molecular flexibility index (Phi) is 4.86. The molecule has 10 heteroatoms. The number of aliphatic imine (C=N–C) groups is 1. The molecule has 0 saturated carbocycles. The molecule has 2 heterocycles. The van der Waals surface area contributed by atoms with E-state index in [0.717, 1.165) is 0 Å². The number of rotatable bonds is 2. The Hall–Kier alpha value is -0.470. The second-order valence-electron chi connectivity index (χ2n) is 5.19. The second kappa shape index (κ2) is 6.44. The highest BCUT2D eigenvalue weighted by Crippen LogP contribution is 2.43. The van der Waals surface area contributed by atoms with Gasteiger partial charge in [0.15, 0.2) is 15.0 Å². The van der Waals surface area contributed by atoms with Gasteiger partial charge in [0.25, 0.3) is 5.91 Å². The van der Waals surface area contributed by atoms with Crippen LogP contribution in [0.5, 0.6) is 0 Å². The molecule has 2 atom stereocenters. The molecule has 1 aromatic carbocycles. The Morgan fingerprint density at radius 3 is 2.74 bits per heavy atom. The molecule has 0 spiro atoms. The first kappa shape index (κ1) is 17.4. The van der Waals surface area contributed by atoms with Crippen molar-refractivity contribution in [2.45, 2.75) is 11.3 Å². The minimum absolute atomic E-state index is 0.00227. The van der Waals surface area contributed by atoms with Crippen molar-refractivity contribution in [3.8, 4) is 0 Å². The molecule has 3 rings (SSSR count). The number of anilines is 1. The number of hydrogen-bond donors (Lipinski definition) is 0. The number of carbonyl (C=O) groups is 1. The maximum Gasteiger partial charge on any atom is 0.262 e. The molecule has 2 aliphatic rings. The molecule has 2 saturated heterocycles. The molecule has 0 aliphatic carbocycles. The molecule has 0 radical (unpaired) electrons. The Morgan fingerprint density at radius 2 is 2.09 bits per heavy atom. The first-order valence-electron chi connectivity index (χ1n) is 6.59. The van der Waals surface area contributed by atoms with Gasteiger partial charge in [0, 0.05) is 10.3 Å². The second-order valence-corrected chi connectivity index (χ2v) is 9.66. The zero-order chi connectivity index (χ0) is 16.8. The Bertz CT molecular complexity index is 798. The van der Waals surface area contributed by atoms with E-state index in [9.17, 15) is 13.2 Å². The Balaban J connectivity index is 2.06. The fourth-order valence-corrected chi connectivity index (χ4v) is 7.14. The van der Waals surface area contributed by atoms with Crippen LogP contribution in [0.2, 0.25) is 10.0 Å². The normalized spacial score (nSPS) is 27.4. The van der Waals surface area contributed by atoms with Crippen LogP contribution in [0.15, 0.2) is 23.2 Å². The van der Waals surface area contributed by atoms with Crippen molar-refractivity contribution in [3.05, 3.63) is 28.2 Å². The van der Waals surface area contributed by atoms with Gasteiger partial charge in [-0.3, -0.25) is 4.79 Å². The third kappa shape index (κ3) is 3.49. The first-order chi connectivity index (χ1) is 10.8. The molecule has 0 bridgehead atoms. The number of sulfone groups is 1. The maximum atomic E-state index is 11.9. The van der Waals surface area contributed by atoms with Gasteiger partial charge >= 0.3 is 0 Å². The van der Waals surface area contributed by atoms with Gasteiger partial charge in [-0.25, -0.2) is 8.42 Å². The van der Waals surface area contributed by atoms with Crippen molar-refractivity contribution in [1.29, 1.82) is 0 Å². The molecule has 1 aromatic rings. The smallest absolute Gasteiger partial charge is 0.262 e. The number of carbonyl (C=O) groups excluding carboxylic acids is 1. The fraction of sp³-hybridized carbons (Fsp3) is 0.385. The van der Waals surface area contributed by atoms with E-state index >= 15 is 0 Å². The fourth-order valence-electron chi connectivity index (χ4n) is 2.66. The summed E-state index contributed by atoms with van der Waals surface area (Å²) in [5.74, 6) is -0.664. The zero-order valence-electron chi connectivity index (χ0n) is 11.6. The van der Waals surface area contributed by atoms with Crippen molar-refractivity contribution in [2.24, 2.45) is 4.99 Å². The molecule has 5 nitrogen and oxygen atoms in total. The Labute approximate surface area is 152 Å². The maximum absolute atomic E-state index is 11.9. The molecule has 2 aliphatic heterocycles. The highest BCUT2D eigenvalue weighted by Gasteiger charge is 2.49. The highest BCUT2D eigenvalue weighted by molar-refractivity contribution is 8.16. The largest absolute Gasteiger partial charge is 0.314 e. The van der Waals surface area contributed by atoms with Gasteiger partial charge in [0.2, 0.25) is 0 Å². The topological polar surface area (TPSA) is 66.8 Å². The minimum atomic E-state index is -3.12. The summed E-state index contributed by atoms with van der Waals surface area (Å²) >= 11 is 19.0. The van der Waals surface area contributed by atoms with E-state index in [0.29, 0.717) is 20.9 Å². The number of amidine groups is 1. The summed E-state index contributed by atoms with van der Waals surface area (Å²) in [7, 11) is -3.12. The van der Waals surface area contributed by atoms with Crippen LogP contribution >= 0.6 is 46.6 Å². The van der Waals surface area contributed by atoms with Crippen molar-refractivity contribution in [2.75, 3.05) is 22.3 Å². The van der Waals surface area contributed by atoms with Crippen LogP contribution in [-0.2, 0) is 14.6 Å². The summed E-state index contributed by atoms with van der Waals surface area (Å²) in [6.45, 7) is 0. The van der Waals surface area contributed by atoms with Crippen LogP contribution in [0.3, 0.4) is 0 Å². The minimum Gasteiger partial charge on any atom is -0.314 e. The number of halogens is 3. The third-order valence-electron chi connectivity index (χ3n) is 3.57. The van der Waals surface area contributed by atoms with Gasteiger partial charge < -0.3 is 4.90 Å². The molecule has 2 fully saturated rings. The average molecular weight is 414 g/mol. The van der Waals surface area contributed by atoms with E-state index < -0.39 is 15.7 Å². The van der Waals surface area contributed by atoms with Crippen molar-refractivity contribution in [3.63, 3.8) is 0 Å². The van der Waals surface area contributed by atoms with Crippen LogP contribution in [0.4, 0.5) is 5.69 Å². The number of alkyl halides is 1. The quantitative estimate of drug-likeness (QED) is 0.698. The lowest BCUT2D eigenvalue weighted by molar-refractivity contribution is -0.115. The molecule has 0 aromatic heterocycles. The van der Waals surface area contributed by atoms with E-state index in [2.05, 4.69) is 4.99 Å². The standard InChI is InChI=1S/C13H11Cl3N2O3S2/c14-4-12(19)17-13-18(9-2-1-7(15)3-8(9)16)10-5-23(20,21)6-11(10)22-13/h1-3,10-11H,4-6H2/t10-,11+/m1/s1. The number of hydrogen-bond acceptors (Lipinski definition) is 4. The lowest BCUT2D eigenvalue weighted by Crippen LogP contribution is -2.38. The monoisotopic (exact) mass is 412 g/mol. The van der Waals surface area contributed by atoms with Crippen LogP contribution in [0.25, 0.3) is 0 Å². The van der Waals surface area contributed by atoms with Crippen molar-refractivity contribution >= 4 is 73.2 Å². The first-order valence-corrected chi connectivity index (χ1v) is 10.6. The van der Waals surface area contributed by atoms with Gasteiger partial charge in [-0.05, 0) is 18.2 Å². The number of benzene rings is 1. The summed E-state index contributed by atoms with van der Waals surface area (Å²) in [4.78, 5) is 17.3. The van der Waals surface area contributed by atoms with Gasteiger partial charge in [-0.1, -0.05) is 35.0 Å². The van der Waals surface area contributed by atoms with Gasteiger partial charge in [0.05, 0.1) is 28.3 Å². The SMILES string of the molecule is O=C(CCl)N=C1S[C@H]2CS(=O)(=O)C[C@H]2N1c1ccc(Cl)cc1Cl. The van der Waals surface area contributed by atoms with E-state index in [1.807, 2.05) is 0 Å². The molecular weight excluding hydrogens is 403 g/mol. The van der Waals surface area contributed by atoms with Crippen LogP contribution < -0.4 is 4.90 Å². The van der Waals surface area contributed by atoms with Crippen molar-refractivity contribution in [1.82, 2.24) is 0 Å². The summed E-state index contributed by atoms with van der Waals surface area (Å²) in [5.41, 5.74) is 0.578. The predicted octanol–water partition coefficient (Wildman–Crippen LogP) is 2.83. The van der Waals surface area contributed by atoms with Gasteiger partial charge in [-0.2, -0.15) is 4.99 Å². The molecule has 124 valence electrons. The number of thioether (sulfide) groups is 1. The summed E-state index contributed by atoms with van der Waals surface area (Å²) in [6.07, 6.45) is 0. The molecule has 1 amide bonds. The van der Waals surface area contributed by atoms with Crippen LogP contribution in [-0.4, -0.2) is 48.2 Å². The lowest BCUT2D eigenvalue weighted by Gasteiger charge is -2.25. The van der Waals surface area contributed by atoms with Crippen LogP contribution in [0, 0.1) is 0 Å². The Morgan fingerprint density at radius 1 is 1.35 bits per heavy atom. The number of nitrogens with zero attached hydrogens (tertiary/aromatic N) is 2. The summed E-state index contributed by atoms with van der Waals surface area (Å²) in [5, 5.41) is 1.07. The van der Waals surface area contributed by atoms with Crippen molar-refractivity contribution < 1.29 is 13.2 Å². The molecule has 23 heavy (non-hydrogen) atoms. The van der Waals surface area contributed by atoms with Crippen LogP contribution in [0.1, 0.15) is 0 Å². The third-order valence-corrected chi connectivity index (χ3v) is 7.55. The van der Waals surface area contributed by atoms with E-state index in [-0.39, 0.29) is 28.7 Å². The number of fused-ring (bicyclic) bond motifs is 1. The summed E-state index contributed by atoms with van der Waals surface area (Å²) in [6, 6.07) is 4.61. The lowest BCUT2D eigenvalue weighted by atomic mass is 10.2. The predicted molar refractivity (Wildman–Crippen MR) is 95.9 cm³/mol. The summed E-state index contributed by atoms with van der Waals surface area (Å²) < 4.78 is 23.8. The highest BCUT2D eigenvalue weighted by atomic mass is 35.5. The molecule has 0 unspecified atom stereocenters. The molecular formula is C13H11Cl3N2O3S2. The zero-order valence-corrected chi connectivity index (χ0v) is 15.5.